The van der Waals surface area contributed by atoms with E-state index in [0.29, 0.717) is 13.0 Å². The summed E-state index contributed by atoms with van der Waals surface area (Å²) in [6.07, 6.45) is -3.82. The number of carbonyl (C=O) groups is 3. The zero-order valence-electron chi connectivity index (χ0n) is 18.5. The molecule has 3 aliphatic heterocycles. The van der Waals surface area contributed by atoms with Gasteiger partial charge in [-0.3, -0.25) is 19.7 Å². The number of hydrogen-bond donors (Lipinski definition) is 3. The van der Waals surface area contributed by atoms with Gasteiger partial charge < -0.3 is 20.3 Å². The Bertz CT molecular complexity index is 882. The lowest BCUT2D eigenvalue weighted by molar-refractivity contribution is -0.267. The van der Waals surface area contributed by atoms with Gasteiger partial charge in [-0.15, -0.1) is 0 Å². The number of ether oxygens (including phenoxy) is 1. The SMILES string of the molecule is CC1(C)[C@@H]2[C@@H](C(=O)NC(C#N)C[C@@H]3CCNC3=O)N(C(=O)CNC3(C(F)(F)F)COC3)C[C@@H]21. The molecule has 182 valence electrons. The number of fused-ring (bicyclic) bond motifs is 1. The van der Waals surface area contributed by atoms with E-state index in [4.69, 9.17) is 4.74 Å². The Morgan fingerprint density at radius 2 is 2.06 bits per heavy atom. The van der Waals surface area contributed by atoms with Gasteiger partial charge in [-0.25, -0.2) is 0 Å². The number of piperidine rings is 1. The Labute approximate surface area is 189 Å². The number of rotatable bonds is 7. The molecule has 9 nitrogen and oxygen atoms in total. The molecule has 4 aliphatic rings. The molecule has 0 aromatic heterocycles. The maximum absolute atomic E-state index is 13.3. The summed E-state index contributed by atoms with van der Waals surface area (Å²) in [7, 11) is 0. The largest absolute Gasteiger partial charge is 0.411 e. The third-order valence-electron chi connectivity index (χ3n) is 7.77. The number of nitrogens with zero attached hydrogens (tertiary/aromatic N) is 2. The van der Waals surface area contributed by atoms with Gasteiger partial charge in [-0.2, -0.15) is 18.4 Å². The molecule has 1 unspecified atom stereocenters. The molecule has 4 rings (SSSR count). The molecule has 1 aliphatic carbocycles. The highest BCUT2D eigenvalue weighted by Crippen LogP contribution is 2.64. The van der Waals surface area contributed by atoms with Crippen LogP contribution in [-0.2, 0) is 19.1 Å². The normalized spacial score (nSPS) is 32.2. The third kappa shape index (κ3) is 4.05. The van der Waals surface area contributed by atoms with Gasteiger partial charge in [0.1, 0.15) is 12.1 Å². The van der Waals surface area contributed by atoms with E-state index in [1.54, 1.807) is 0 Å². The standard InChI is InChI=1S/C21H28F3N5O4/c1-19(2)13-8-29(14(30)7-27-20(9-33-10-20)21(22,23)24)16(15(13)19)18(32)28-12(6-25)5-11-3-4-26-17(11)31/h11-13,15-16,27H,3-5,7-10H2,1-2H3,(H,26,31)(H,28,32)/t11-,12?,13-,15-,16-/m0/s1. The summed E-state index contributed by atoms with van der Waals surface area (Å²) in [4.78, 5) is 39.2. The van der Waals surface area contributed by atoms with E-state index in [0.717, 1.165) is 0 Å². The molecule has 3 heterocycles. The van der Waals surface area contributed by atoms with Crippen LogP contribution in [0.3, 0.4) is 0 Å². The van der Waals surface area contributed by atoms with Crippen LogP contribution in [0, 0.1) is 34.5 Å². The molecule has 1 saturated carbocycles. The van der Waals surface area contributed by atoms with Crippen molar-refractivity contribution in [2.45, 2.75) is 50.5 Å². The zero-order valence-corrected chi connectivity index (χ0v) is 18.5. The van der Waals surface area contributed by atoms with Crippen molar-refractivity contribution in [2.75, 3.05) is 32.8 Å². The topological polar surface area (TPSA) is 124 Å². The minimum Gasteiger partial charge on any atom is -0.377 e. The van der Waals surface area contributed by atoms with E-state index >= 15 is 0 Å². The average Bonchev–Trinajstić information content (AvgIpc) is 3.07. The Balaban J connectivity index is 1.42. The average molecular weight is 471 g/mol. The van der Waals surface area contributed by atoms with Crippen molar-refractivity contribution in [3.63, 3.8) is 0 Å². The first-order chi connectivity index (χ1) is 15.4. The monoisotopic (exact) mass is 471 g/mol. The van der Waals surface area contributed by atoms with Crippen LogP contribution in [0.25, 0.3) is 0 Å². The van der Waals surface area contributed by atoms with E-state index in [1.165, 1.54) is 4.90 Å². The van der Waals surface area contributed by atoms with Crippen LogP contribution < -0.4 is 16.0 Å². The zero-order chi connectivity index (χ0) is 24.2. The molecule has 5 atom stereocenters. The van der Waals surface area contributed by atoms with Crippen LogP contribution in [0.1, 0.15) is 26.7 Å². The van der Waals surface area contributed by atoms with Crippen molar-refractivity contribution < 1.29 is 32.3 Å². The molecule has 0 radical (unpaired) electrons. The molecule has 4 fully saturated rings. The molecule has 0 bridgehead atoms. The minimum atomic E-state index is -4.57. The van der Waals surface area contributed by atoms with E-state index in [9.17, 15) is 32.8 Å². The summed E-state index contributed by atoms with van der Waals surface area (Å²) in [6.45, 7) is 3.06. The summed E-state index contributed by atoms with van der Waals surface area (Å²) >= 11 is 0. The van der Waals surface area contributed by atoms with Gasteiger partial charge in [-0.05, 0) is 30.1 Å². The van der Waals surface area contributed by atoms with Crippen LogP contribution in [0.5, 0.6) is 0 Å². The summed E-state index contributed by atoms with van der Waals surface area (Å²) < 4.78 is 44.8. The van der Waals surface area contributed by atoms with Crippen LogP contribution in [0.15, 0.2) is 0 Å². The smallest absolute Gasteiger partial charge is 0.377 e. The van der Waals surface area contributed by atoms with Gasteiger partial charge in [0.25, 0.3) is 0 Å². The van der Waals surface area contributed by atoms with Crippen molar-refractivity contribution >= 4 is 17.7 Å². The number of alkyl halides is 3. The third-order valence-corrected chi connectivity index (χ3v) is 7.77. The van der Waals surface area contributed by atoms with Gasteiger partial charge in [0.05, 0.1) is 25.8 Å². The molecule has 3 N–H and O–H groups in total. The predicted octanol–water partition coefficient (Wildman–Crippen LogP) is -0.0751. The molecule has 0 aromatic carbocycles. The first kappa shape index (κ1) is 23.8. The lowest BCUT2D eigenvalue weighted by Gasteiger charge is -2.43. The van der Waals surface area contributed by atoms with E-state index in [-0.39, 0.29) is 42.0 Å². The highest BCUT2D eigenvalue weighted by atomic mass is 19.4. The first-order valence-electron chi connectivity index (χ1n) is 11.1. The van der Waals surface area contributed by atoms with Gasteiger partial charge in [0, 0.05) is 19.0 Å². The lowest BCUT2D eigenvalue weighted by Crippen LogP contribution is -2.70. The maximum Gasteiger partial charge on any atom is 0.411 e. The number of hydrogen-bond acceptors (Lipinski definition) is 6. The second-order valence-electron chi connectivity index (χ2n) is 10.1. The highest BCUT2D eigenvalue weighted by molar-refractivity contribution is 5.90. The fraction of sp³-hybridized carbons (Fsp3) is 0.810. The predicted molar refractivity (Wildman–Crippen MR) is 107 cm³/mol. The van der Waals surface area contributed by atoms with Crippen molar-refractivity contribution in [1.82, 2.24) is 20.9 Å². The first-order valence-corrected chi connectivity index (χ1v) is 11.1. The minimum absolute atomic E-state index is 0.0574. The van der Waals surface area contributed by atoms with Gasteiger partial charge >= 0.3 is 6.18 Å². The Kier molecular flexibility index (Phi) is 5.85. The van der Waals surface area contributed by atoms with E-state index in [2.05, 4.69) is 16.0 Å². The summed E-state index contributed by atoms with van der Waals surface area (Å²) in [5, 5.41) is 17.1. The molecular formula is C21H28F3N5O4. The maximum atomic E-state index is 13.3. The fourth-order valence-corrected chi connectivity index (χ4v) is 5.42. The molecule has 0 spiro atoms. The number of likely N-dealkylation sites (tertiary alicyclic amines) is 1. The number of halogens is 3. The highest BCUT2D eigenvalue weighted by Gasteiger charge is 2.69. The van der Waals surface area contributed by atoms with Gasteiger partial charge in [-0.1, -0.05) is 13.8 Å². The van der Waals surface area contributed by atoms with Gasteiger partial charge in [0.2, 0.25) is 17.7 Å². The Morgan fingerprint density at radius 3 is 2.58 bits per heavy atom. The van der Waals surface area contributed by atoms with Crippen molar-refractivity contribution in [3.05, 3.63) is 0 Å². The number of nitrogens with one attached hydrogen (secondary N) is 3. The summed E-state index contributed by atoms with van der Waals surface area (Å²) in [5.41, 5.74) is -2.44. The Morgan fingerprint density at radius 1 is 1.36 bits per heavy atom. The van der Waals surface area contributed by atoms with Crippen molar-refractivity contribution in [1.29, 1.82) is 5.26 Å². The van der Waals surface area contributed by atoms with E-state index in [1.807, 2.05) is 19.9 Å². The van der Waals surface area contributed by atoms with Gasteiger partial charge in [0.15, 0.2) is 5.54 Å². The number of amides is 3. The Hall–Kier alpha value is -2.39. The second-order valence-corrected chi connectivity index (χ2v) is 10.1. The van der Waals surface area contributed by atoms with Crippen LogP contribution in [0.2, 0.25) is 0 Å². The molecular weight excluding hydrogens is 443 g/mol. The summed E-state index contributed by atoms with van der Waals surface area (Å²) in [5.74, 6) is -1.72. The summed E-state index contributed by atoms with van der Waals surface area (Å²) in [6, 6.07) is 0.239. The molecule has 3 amide bonds. The molecule has 0 aromatic rings. The fourth-order valence-electron chi connectivity index (χ4n) is 5.42. The van der Waals surface area contributed by atoms with Crippen LogP contribution >= 0.6 is 0 Å². The quantitative estimate of drug-likeness (QED) is 0.478. The van der Waals surface area contributed by atoms with Crippen molar-refractivity contribution in [2.24, 2.45) is 23.2 Å². The molecule has 12 heteroatoms. The lowest BCUT2D eigenvalue weighted by atomic mass is 9.96. The molecule has 3 saturated heterocycles. The van der Waals surface area contributed by atoms with Crippen molar-refractivity contribution in [3.8, 4) is 6.07 Å². The molecule has 33 heavy (non-hydrogen) atoms. The van der Waals surface area contributed by atoms with Crippen LogP contribution in [-0.4, -0.2) is 79.3 Å². The van der Waals surface area contributed by atoms with E-state index < -0.39 is 55.4 Å². The van der Waals surface area contributed by atoms with Crippen LogP contribution in [0.4, 0.5) is 13.2 Å². The second kappa shape index (κ2) is 8.13. The number of carbonyl (C=O) groups excluding carboxylic acids is 3. The number of nitriles is 1.